The second kappa shape index (κ2) is 26.1. The normalized spacial score (nSPS) is 11.5. The van der Waals surface area contributed by atoms with E-state index < -0.39 is 0 Å². The maximum Gasteiger partial charge on any atom is 0.0987 e. The Morgan fingerprint density at radius 3 is 1.23 bits per heavy atom. The van der Waals surface area contributed by atoms with E-state index in [0.717, 1.165) is 18.4 Å². The minimum absolute atomic E-state index is 0.455. The Kier molecular flexibility index (Phi) is 24.0. The summed E-state index contributed by atoms with van der Waals surface area (Å²) in [5.74, 6) is 0. The molecule has 0 aliphatic rings. The molecule has 1 aromatic rings. The van der Waals surface area contributed by atoms with Crippen LogP contribution >= 0.6 is 0 Å². The van der Waals surface area contributed by atoms with Crippen LogP contribution in [0.2, 0.25) is 0 Å². The van der Waals surface area contributed by atoms with Crippen LogP contribution in [-0.4, -0.2) is 18.6 Å². The van der Waals surface area contributed by atoms with Crippen LogP contribution in [0.15, 0.2) is 30.3 Å². The minimum atomic E-state index is 0.455. The Morgan fingerprint density at radius 2 is 0.829 bits per heavy atom. The number of hydrogen-bond donors (Lipinski definition) is 0. The zero-order chi connectivity index (χ0) is 25.1. The molecule has 1 aromatic carbocycles. The first-order valence-corrected chi connectivity index (χ1v) is 15.1. The SMILES string of the molecule is CCCCCCCCCCCCON(OCCCCCCCCCCCC)OCc1ccccc1. The summed E-state index contributed by atoms with van der Waals surface area (Å²) in [6.45, 7) is 6.29. The summed E-state index contributed by atoms with van der Waals surface area (Å²) < 4.78 is 0. The van der Waals surface area contributed by atoms with Gasteiger partial charge in [0.05, 0.1) is 25.2 Å². The molecule has 0 atom stereocenters. The highest BCUT2D eigenvalue weighted by molar-refractivity contribution is 5.13. The van der Waals surface area contributed by atoms with Crippen LogP contribution in [0.5, 0.6) is 0 Å². The van der Waals surface area contributed by atoms with Crippen molar-refractivity contribution >= 4 is 0 Å². The molecule has 0 unspecified atom stereocenters. The van der Waals surface area contributed by atoms with E-state index in [0.29, 0.717) is 19.8 Å². The van der Waals surface area contributed by atoms with E-state index in [-0.39, 0.29) is 0 Å². The Bertz CT molecular complexity index is 499. The molecule has 0 bridgehead atoms. The van der Waals surface area contributed by atoms with Crippen LogP contribution in [0.1, 0.15) is 148 Å². The van der Waals surface area contributed by atoms with Crippen LogP contribution in [0.25, 0.3) is 0 Å². The van der Waals surface area contributed by atoms with E-state index in [2.05, 4.69) is 26.0 Å². The lowest BCUT2D eigenvalue weighted by Gasteiger charge is -2.20. The highest BCUT2D eigenvalue weighted by Gasteiger charge is 2.08. The fourth-order valence-corrected chi connectivity index (χ4v) is 4.27. The van der Waals surface area contributed by atoms with E-state index in [1.165, 1.54) is 121 Å². The molecule has 0 aliphatic carbocycles. The first kappa shape index (κ1) is 32.1. The number of benzene rings is 1. The van der Waals surface area contributed by atoms with E-state index in [9.17, 15) is 0 Å². The Hall–Kier alpha value is -0.940. The van der Waals surface area contributed by atoms with Gasteiger partial charge in [-0.25, -0.2) is 4.84 Å². The van der Waals surface area contributed by atoms with Crippen LogP contribution in [0.4, 0.5) is 0 Å². The van der Waals surface area contributed by atoms with Crippen molar-refractivity contribution in [1.29, 1.82) is 0 Å². The predicted molar refractivity (Wildman–Crippen MR) is 149 cm³/mol. The molecule has 0 amide bonds. The zero-order valence-corrected chi connectivity index (χ0v) is 23.3. The van der Waals surface area contributed by atoms with E-state index >= 15 is 0 Å². The van der Waals surface area contributed by atoms with Crippen molar-refractivity contribution in [3.63, 3.8) is 0 Å². The smallest absolute Gasteiger partial charge is 0.0987 e. The maximum absolute atomic E-state index is 5.82. The fourth-order valence-electron chi connectivity index (χ4n) is 4.27. The molecule has 0 radical (unpaired) electrons. The summed E-state index contributed by atoms with van der Waals surface area (Å²) in [4.78, 5) is 17.4. The zero-order valence-electron chi connectivity index (χ0n) is 23.3. The Labute approximate surface area is 218 Å². The minimum Gasteiger partial charge on any atom is -0.250 e. The summed E-state index contributed by atoms with van der Waals surface area (Å²) in [5, 5.41) is 1.27. The van der Waals surface area contributed by atoms with Crippen molar-refractivity contribution in [3.8, 4) is 0 Å². The average molecular weight is 492 g/mol. The standard InChI is InChI=1S/C31H57NO3/c1-3-5-7-9-11-13-15-17-19-24-28-33-32(35-30-31-26-22-21-23-27-31)34-29-25-20-18-16-14-12-10-8-6-4-2/h21-23,26-27H,3-20,24-25,28-30H2,1-2H3. The monoisotopic (exact) mass is 491 g/mol. The van der Waals surface area contributed by atoms with Crippen LogP contribution in [0.3, 0.4) is 0 Å². The molecule has 1 rings (SSSR count). The van der Waals surface area contributed by atoms with Gasteiger partial charge in [0.25, 0.3) is 0 Å². The molecule has 0 aromatic heterocycles. The van der Waals surface area contributed by atoms with Crippen molar-refractivity contribution in [1.82, 2.24) is 5.39 Å². The number of unbranched alkanes of at least 4 members (excludes halogenated alkanes) is 18. The van der Waals surface area contributed by atoms with Crippen molar-refractivity contribution in [3.05, 3.63) is 35.9 Å². The number of rotatable bonds is 27. The van der Waals surface area contributed by atoms with Crippen molar-refractivity contribution in [2.45, 2.75) is 149 Å². The van der Waals surface area contributed by atoms with Gasteiger partial charge in [-0.3, -0.25) is 9.68 Å². The fraction of sp³-hybridized carbons (Fsp3) is 0.806. The summed E-state index contributed by atoms with van der Waals surface area (Å²) in [7, 11) is 0. The average Bonchev–Trinajstić information content (AvgIpc) is 2.89. The third kappa shape index (κ3) is 22.0. The van der Waals surface area contributed by atoms with Gasteiger partial charge in [-0.15, -0.1) is 0 Å². The first-order chi connectivity index (χ1) is 17.4. The molecule has 0 aliphatic heterocycles. The highest BCUT2D eigenvalue weighted by Crippen LogP contribution is 2.13. The molecule has 0 saturated heterocycles. The summed E-state index contributed by atoms with van der Waals surface area (Å²) >= 11 is 0. The molecule has 4 nitrogen and oxygen atoms in total. The molecule has 204 valence electrons. The second-order valence-corrected chi connectivity index (χ2v) is 10.0. The van der Waals surface area contributed by atoms with E-state index in [1.807, 2.05) is 18.2 Å². The molecular formula is C31H57NO3. The van der Waals surface area contributed by atoms with Gasteiger partial charge in [0, 0.05) is 0 Å². The van der Waals surface area contributed by atoms with Gasteiger partial charge in [0.2, 0.25) is 0 Å². The van der Waals surface area contributed by atoms with Crippen molar-refractivity contribution in [2.24, 2.45) is 0 Å². The summed E-state index contributed by atoms with van der Waals surface area (Å²) in [6, 6.07) is 10.2. The maximum atomic E-state index is 5.82. The van der Waals surface area contributed by atoms with Gasteiger partial charge in [0.15, 0.2) is 0 Å². The first-order valence-electron chi connectivity index (χ1n) is 15.1. The van der Waals surface area contributed by atoms with Gasteiger partial charge < -0.3 is 0 Å². The Balaban J connectivity index is 2.10. The molecular weight excluding hydrogens is 434 g/mol. The topological polar surface area (TPSA) is 30.9 Å². The summed E-state index contributed by atoms with van der Waals surface area (Å²) in [5.41, 5.74) is 1.11. The lowest BCUT2D eigenvalue weighted by molar-refractivity contribution is -0.530. The number of hydrogen-bond acceptors (Lipinski definition) is 4. The predicted octanol–water partition coefficient (Wildman–Crippen LogP) is 10.1. The quantitative estimate of drug-likeness (QED) is 0.0904. The summed E-state index contributed by atoms with van der Waals surface area (Å²) in [6.07, 6.45) is 26.4. The molecule has 0 heterocycles. The number of nitrogens with zero attached hydrogens (tertiary/aromatic N) is 1. The lowest BCUT2D eigenvalue weighted by Crippen LogP contribution is -2.26. The third-order valence-corrected chi connectivity index (χ3v) is 6.57. The Morgan fingerprint density at radius 1 is 0.457 bits per heavy atom. The molecule has 4 heteroatoms. The highest BCUT2D eigenvalue weighted by atomic mass is 17.2. The van der Waals surface area contributed by atoms with Gasteiger partial charge in [-0.05, 0) is 18.4 Å². The van der Waals surface area contributed by atoms with E-state index in [4.69, 9.17) is 14.5 Å². The lowest BCUT2D eigenvalue weighted by atomic mass is 10.1. The molecule has 0 fully saturated rings. The van der Waals surface area contributed by atoms with Crippen LogP contribution in [-0.2, 0) is 21.1 Å². The van der Waals surface area contributed by atoms with Gasteiger partial charge in [-0.1, -0.05) is 160 Å². The molecule has 35 heavy (non-hydrogen) atoms. The molecule has 0 saturated carbocycles. The largest absolute Gasteiger partial charge is 0.250 e. The molecule has 0 N–H and O–H groups in total. The van der Waals surface area contributed by atoms with Crippen molar-refractivity contribution in [2.75, 3.05) is 13.2 Å². The molecule has 0 spiro atoms. The second-order valence-electron chi connectivity index (χ2n) is 10.0. The van der Waals surface area contributed by atoms with Gasteiger partial charge in [0.1, 0.15) is 0 Å². The van der Waals surface area contributed by atoms with Gasteiger partial charge in [-0.2, -0.15) is 0 Å². The van der Waals surface area contributed by atoms with Gasteiger partial charge >= 0.3 is 0 Å². The third-order valence-electron chi connectivity index (χ3n) is 6.57. The van der Waals surface area contributed by atoms with E-state index in [1.54, 1.807) is 0 Å². The van der Waals surface area contributed by atoms with Crippen LogP contribution < -0.4 is 0 Å². The van der Waals surface area contributed by atoms with Crippen molar-refractivity contribution < 1.29 is 14.5 Å². The van der Waals surface area contributed by atoms with Crippen LogP contribution in [0, 0.1) is 0 Å².